The van der Waals surface area contributed by atoms with Gasteiger partial charge in [0.15, 0.2) is 5.82 Å². The van der Waals surface area contributed by atoms with E-state index in [1.165, 1.54) is 12.8 Å². The van der Waals surface area contributed by atoms with Gasteiger partial charge >= 0.3 is 5.76 Å². The summed E-state index contributed by atoms with van der Waals surface area (Å²) in [5, 5.41) is 7.02. The lowest BCUT2D eigenvalue weighted by Gasteiger charge is -2.31. The van der Waals surface area contributed by atoms with Gasteiger partial charge in [-0.15, -0.1) is 0 Å². The molecule has 148 valence electrons. The molecule has 0 unspecified atom stereocenters. The fraction of sp³-hybridized carbons (Fsp3) is 0.571. The molecule has 1 saturated heterocycles. The van der Waals surface area contributed by atoms with Crippen molar-refractivity contribution in [2.24, 2.45) is 11.3 Å². The van der Waals surface area contributed by atoms with Gasteiger partial charge in [-0.05, 0) is 61.5 Å². The number of H-pyrrole nitrogens is 1. The molecule has 1 aromatic carbocycles. The van der Waals surface area contributed by atoms with Crippen molar-refractivity contribution in [3.8, 4) is 11.4 Å². The van der Waals surface area contributed by atoms with E-state index >= 15 is 0 Å². The highest BCUT2D eigenvalue weighted by atomic mass is 16.5. The molecule has 5 rings (SSSR count). The van der Waals surface area contributed by atoms with Crippen molar-refractivity contribution in [1.82, 2.24) is 15.5 Å². The first-order valence-corrected chi connectivity index (χ1v) is 10.1. The third-order valence-corrected chi connectivity index (χ3v) is 6.89. The Labute approximate surface area is 162 Å². The average molecular weight is 383 g/mol. The van der Waals surface area contributed by atoms with Gasteiger partial charge in [-0.25, -0.2) is 4.79 Å². The standard InChI is InChI=1S/C21H25N3O4/c25-18(22-13-20(6-7-20)15-4-10-27-11-5-15)21(8-9-21)16-3-1-2-14(12-16)17-23-19(26)28-24-17/h1-3,12,15H,4-11,13H2,(H,22,25)(H,23,24,26). The summed E-state index contributed by atoms with van der Waals surface area (Å²) in [6, 6.07) is 7.68. The molecule has 0 radical (unpaired) electrons. The summed E-state index contributed by atoms with van der Waals surface area (Å²) in [5.74, 6) is 0.599. The predicted octanol–water partition coefficient (Wildman–Crippen LogP) is 2.38. The van der Waals surface area contributed by atoms with Crippen LogP contribution in [0, 0.1) is 11.3 Å². The number of nitrogens with one attached hydrogen (secondary N) is 2. The molecule has 2 aliphatic carbocycles. The Morgan fingerprint density at radius 2 is 2.00 bits per heavy atom. The SMILES string of the molecule is O=C(NCC1(C2CCOCC2)CC1)C1(c2cccc(-c3noc(=O)[nH]3)c2)CC1. The van der Waals surface area contributed by atoms with Crippen LogP contribution in [0.25, 0.3) is 11.4 Å². The van der Waals surface area contributed by atoms with E-state index in [9.17, 15) is 9.59 Å². The van der Waals surface area contributed by atoms with Gasteiger partial charge in [-0.2, -0.15) is 0 Å². The molecule has 1 aliphatic heterocycles. The van der Waals surface area contributed by atoms with E-state index in [-0.39, 0.29) is 11.3 Å². The molecule has 7 heteroatoms. The third kappa shape index (κ3) is 3.07. The van der Waals surface area contributed by atoms with Gasteiger partial charge in [-0.3, -0.25) is 14.3 Å². The largest absolute Gasteiger partial charge is 0.439 e. The molecule has 0 spiro atoms. The van der Waals surface area contributed by atoms with Crippen LogP contribution in [0.4, 0.5) is 0 Å². The number of hydrogen-bond donors (Lipinski definition) is 2. The van der Waals surface area contributed by atoms with Gasteiger partial charge in [0.05, 0.1) is 5.41 Å². The van der Waals surface area contributed by atoms with Gasteiger partial charge in [0, 0.05) is 25.3 Å². The number of carbonyl (C=O) groups excluding carboxylic acids is 1. The second kappa shape index (κ2) is 6.58. The minimum absolute atomic E-state index is 0.122. The maximum Gasteiger partial charge on any atom is 0.439 e. The summed E-state index contributed by atoms with van der Waals surface area (Å²) in [7, 11) is 0. The lowest BCUT2D eigenvalue weighted by atomic mass is 9.82. The zero-order chi connectivity index (χ0) is 19.2. The van der Waals surface area contributed by atoms with Crippen molar-refractivity contribution in [2.75, 3.05) is 19.8 Å². The van der Waals surface area contributed by atoms with Crippen molar-refractivity contribution in [3.05, 3.63) is 40.4 Å². The minimum Gasteiger partial charge on any atom is -0.381 e. The monoisotopic (exact) mass is 383 g/mol. The van der Waals surface area contributed by atoms with E-state index in [0.717, 1.165) is 56.6 Å². The first-order chi connectivity index (χ1) is 13.6. The zero-order valence-corrected chi connectivity index (χ0v) is 15.8. The van der Waals surface area contributed by atoms with Crippen molar-refractivity contribution < 1.29 is 14.1 Å². The first-order valence-electron chi connectivity index (χ1n) is 10.1. The molecule has 2 N–H and O–H groups in total. The Morgan fingerprint density at radius 1 is 1.21 bits per heavy atom. The lowest BCUT2D eigenvalue weighted by Crippen LogP contribution is -2.41. The Kier molecular flexibility index (Phi) is 4.16. The van der Waals surface area contributed by atoms with Crippen LogP contribution < -0.4 is 11.1 Å². The van der Waals surface area contributed by atoms with Crippen LogP contribution in [0.15, 0.2) is 33.6 Å². The molecule has 2 saturated carbocycles. The van der Waals surface area contributed by atoms with Crippen LogP contribution in [0.5, 0.6) is 0 Å². The van der Waals surface area contributed by atoms with Crippen molar-refractivity contribution in [3.63, 3.8) is 0 Å². The smallest absolute Gasteiger partial charge is 0.381 e. The number of aromatic amines is 1. The van der Waals surface area contributed by atoms with Crippen LogP contribution in [-0.2, 0) is 14.9 Å². The van der Waals surface area contributed by atoms with Crippen molar-refractivity contribution in [2.45, 2.75) is 43.9 Å². The number of hydrogen-bond acceptors (Lipinski definition) is 5. The summed E-state index contributed by atoms with van der Waals surface area (Å²) in [6.45, 7) is 2.47. The van der Waals surface area contributed by atoms with E-state index in [0.29, 0.717) is 11.7 Å². The molecule has 1 amide bonds. The molecule has 28 heavy (non-hydrogen) atoms. The van der Waals surface area contributed by atoms with Crippen LogP contribution >= 0.6 is 0 Å². The van der Waals surface area contributed by atoms with Gasteiger partial charge in [0.25, 0.3) is 0 Å². The first kappa shape index (κ1) is 17.7. The molecule has 2 aromatic rings. The van der Waals surface area contributed by atoms with E-state index in [1.807, 2.05) is 24.3 Å². The van der Waals surface area contributed by atoms with Crippen LogP contribution in [0.3, 0.4) is 0 Å². The molecule has 2 heterocycles. The number of carbonyl (C=O) groups is 1. The number of amides is 1. The zero-order valence-electron chi connectivity index (χ0n) is 15.8. The van der Waals surface area contributed by atoms with Crippen LogP contribution in [0.1, 0.15) is 44.1 Å². The Hall–Kier alpha value is -2.41. The van der Waals surface area contributed by atoms with E-state index in [4.69, 9.17) is 4.74 Å². The van der Waals surface area contributed by atoms with E-state index in [2.05, 4.69) is 20.0 Å². The molecule has 3 aliphatic rings. The summed E-state index contributed by atoms with van der Waals surface area (Å²) in [6.07, 6.45) is 6.33. The van der Waals surface area contributed by atoms with Crippen molar-refractivity contribution in [1.29, 1.82) is 0 Å². The third-order valence-electron chi connectivity index (χ3n) is 6.89. The van der Waals surface area contributed by atoms with E-state index < -0.39 is 11.2 Å². The number of benzene rings is 1. The normalized spacial score (nSPS) is 22.6. The summed E-state index contributed by atoms with van der Waals surface area (Å²) >= 11 is 0. The van der Waals surface area contributed by atoms with Crippen LogP contribution in [0.2, 0.25) is 0 Å². The highest BCUT2D eigenvalue weighted by molar-refractivity contribution is 5.91. The topological polar surface area (TPSA) is 97.2 Å². The molecule has 7 nitrogen and oxygen atoms in total. The molecule has 1 aromatic heterocycles. The minimum atomic E-state index is -0.581. The molecule has 0 bridgehead atoms. The maximum atomic E-state index is 13.1. The Bertz CT molecular complexity index is 933. The quantitative estimate of drug-likeness (QED) is 0.798. The molecular weight excluding hydrogens is 358 g/mol. The van der Waals surface area contributed by atoms with Gasteiger partial charge < -0.3 is 10.1 Å². The number of ether oxygens (including phenoxy) is 1. The lowest BCUT2D eigenvalue weighted by molar-refractivity contribution is -0.124. The van der Waals surface area contributed by atoms with Gasteiger partial charge in [-0.1, -0.05) is 23.4 Å². The molecular formula is C21H25N3O4. The highest BCUT2D eigenvalue weighted by Gasteiger charge is 2.54. The predicted molar refractivity (Wildman–Crippen MR) is 102 cm³/mol. The number of aromatic nitrogens is 2. The summed E-state index contributed by atoms with van der Waals surface area (Å²) < 4.78 is 10.1. The molecule has 0 atom stereocenters. The second-order valence-corrected chi connectivity index (χ2v) is 8.54. The summed E-state index contributed by atoms with van der Waals surface area (Å²) in [4.78, 5) is 26.9. The van der Waals surface area contributed by atoms with E-state index in [1.54, 1.807) is 0 Å². The highest BCUT2D eigenvalue weighted by Crippen LogP contribution is 2.55. The fourth-order valence-corrected chi connectivity index (χ4v) is 4.72. The Balaban J connectivity index is 1.29. The fourth-order valence-electron chi connectivity index (χ4n) is 4.72. The van der Waals surface area contributed by atoms with Crippen LogP contribution in [-0.4, -0.2) is 35.8 Å². The second-order valence-electron chi connectivity index (χ2n) is 8.54. The average Bonchev–Trinajstić information content (AvgIpc) is 3.65. The number of nitrogens with zero attached hydrogens (tertiary/aromatic N) is 1. The van der Waals surface area contributed by atoms with Gasteiger partial charge in [0.1, 0.15) is 0 Å². The van der Waals surface area contributed by atoms with Gasteiger partial charge in [0.2, 0.25) is 5.91 Å². The van der Waals surface area contributed by atoms with Crippen molar-refractivity contribution >= 4 is 5.91 Å². The molecule has 3 fully saturated rings. The maximum absolute atomic E-state index is 13.1. The Morgan fingerprint density at radius 3 is 2.64 bits per heavy atom. The number of rotatable bonds is 6. The summed E-state index contributed by atoms with van der Waals surface area (Å²) in [5.41, 5.74) is 1.56.